The van der Waals surface area contributed by atoms with E-state index >= 15 is 0 Å². The molecule has 3 atom stereocenters. The molecule has 0 bridgehead atoms. The molecular weight excluding hydrogens is 256 g/mol. The number of hydrogen-bond donors (Lipinski definition) is 2. The van der Waals surface area contributed by atoms with E-state index in [0.29, 0.717) is 13.2 Å². The SMILES string of the molecule is CCN(CC)C[C@@H]1OC[C@@H](NCc2nccn2C)[C@H]1O. The number of nitrogens with one attached hydrogen (secondary N) is 1. The first-order valence-corrected chi connectivity index (χ1v) is 7.37. The number of ether oxygens (including phenoxy) is 1. The first-order chi connectivity index (χ1) is 9.65. The maximum absolute atomic E-state index is 10.3. The molecule has 0 spiro atoms. The van der Waals surface area contributed by atoms with Gasteiger partial charge in [-0.2, -0.15) is 0 Å². The highest BCUT2D eigenvalue weighted by molar-refractivity contribution is 4.94. The molecule has 1 fully saturated rings. The number of aryl methyl sites for hydroxylation is 1. The van der Waals surface area contributed by atoms with Crippen LogP contribution in [0.1, 0.15) is 19.7 Å². The fourth-order valence-electron chi connectivity index (χ4n) is 2.55. The van der Waals surface area contributed by atoms with Crippen LogP contribution in [0.25, 0.3) is 0 Å². The summed E-state index contributed by atoms with van der Waals surface area (Å²) < 4.78 is 7.71. The molecule has 20 heavy (non-hydrogen) atoms. The van der Waals surface area contributed by atoms with Gasteiger partial charge in [-0.05, 0) is 13.1 Å². The van der Waals surface area contributed by atoms with Crippen molar-refractivity contribution in [2.75, 3.05) is 26.2 Å². The first kappa shape index (κ1) is 15.4. The van der Waals surface area contributed by atoms with Gasteiger partial charge in [0.2, 0.25) is 0 Å². The zero-order valence-electron chi connectivity index (χ0n) is 12.6. The van der Waals surface area contributed by atoms with Crippen molar-refractivity contribution in [3.05, 3.63) is 18.2 Å². The molecule has 1 aliphatic heterocycles. The fraction of sp³-hybridized carbons (Fsp3) is 0.786. The van der Waals surface area contributed by atoms with Gasteiger partial charge in [0, 0.05) is 26.0 Å². The fourth-order valence-corrected chi connectivity index (χ4v) is 2.55. The topological polar surface area (TPSA) is 62.5 Å². The van der Waals surface area contributed by atoms with Crippen LogP contribution in [0.2, 0.25) is 0 Å². The zero-order valence-corrected chi connectivity index (χ0v) is 12.6. The van der Waals surface area contributed by atoms with Crippen LogP contribution < -0.4 is 5.32 Å². The Hall–Kier alpha value is -0.950. The second-order valence-electron chi connectivity index (χ2n) is 5.29. The quantitative estimate of drug-likeness (QED) is 0.736. The molecule has 0 radical (unpaired) electrons. The van der Waals surface area contributed by atoms with Gasteiger partial charge in [-0.1, -0.05) is 13.8 Å². The predicted octanol–water partition coefficient (Wildman–Crippen LogP) is -0.0202. The number of aromatic nitrogens is 2. The van der Waals surface area contributed by atoms with Crippen LogP contribution in [0.3, 0.4) is 0 Å². The summed E-state index contributed by atoms with van der Waals surface area (Å²) in [7, 11) is 1.97. The molecule has 1 saturated heterocycles. The van der Waals surface area contributed by atoms with Gasteiger partial charge in [0.1, 0.15) is 5.82 Å². The first-order valence-electron chi connectivity index (χ1n) is 7.37. The van der Waals surface area contributed by atoms with Crippen LogP contribution in [0.5, 0.6) is 0 Å². The Kier molecular flexibility index (Phi) is 5.54. The molecule has 6 nitrogen and oxygen atoms in total. The minimum Gasteiger partial charge on any atom is -0.389 e. The van der Waals surface area contributed by atoms with E-state index in [0.717, 1.165) is 25.5 Å². The summed E-state index contributed by atoms with van der Waals surface area (Å²) in [5.41, 5.74) is 0. The number of aliphatic hydroxyl groups excluding tert-OH is 1. The Morgan fingerprint density at radius 3 is 2.85 bits per heavy atom. The Morgan fingerprint density at radius 2 is 2.25 bits per heavy atom. The van der Waals surface area contributed by atoms with Crippen molar-refractivity contribution >= 4 is 0 Å². The van der Waals surface area contributed by atoms with Gasteiger partial charge < -0.3 is 24.6 Å². The van der Waals surface area contributed by atoms with Gasteiger partial charge in [-0.25, -0.2) is 4.98 Å². The average molecular weight is 282 g/mol. The number of likely N-dealkylation sites (N-methyl/N-ethyl adjacent to an activating group) is 1. The highest BCUT2D eigenvalue weighted by Gasteiger charge is 2.36. The summed E-state index contributed by atoms with van der Waals surface area (Å²) in [5, 5.41) is 13.7. The maximum Gasteiger partial charge on any atom is 0.122 e. The highest BCUT2D eigenvalue weighted by Crippen LogP contribution is 2.16. The van der Waals surface area contributed by atoms with E-state index in [4.69, 9.17) is 4.74 Å². The summed E-state index contributed by atoms with van der Waals surface area (Å²) in [6.07, 6.45) is 3.13. The van der Waals surface area contributed by atoms with Crippen LogP contribution in [-0.2, 0) is 18.3 Å². The third-order valence-electron chi connectivity index (χ3n) is 4.06. The Bertz CT molecular complexity index is 406. The van der Waals surface area contributed by atoms with Crippen LogP contribution in [0.4, 0.5) is 0 Å². The van der Waals surface area contributed by atoms with E-state index in [1.807, 2.05) is 17.8 Å². The van der Waals surface area contributed by atoms with Crippen LogP contribution in [0.15, 0.2) is 12.4 Å². The molecule has 0 amide bonds. The van der Waals surface area contributed by atoms with Crippen molar-refractivity contribution in [2.45, 2.75) is 38.6 Å². The lowest BCUT2D eigenvalue weighted by molar-refractivity contribution is 0.0170. The summed E-state index contributed by atoms with van der Waals surface area (Å²) >= 11 is 0. The van der Waals surface area contributed by atoms with Gasteiger partial charge in [0.15, 0.2) is 0 Å². The Balaban J connectivity index is 1.81. The molecule has 0 unspecified atom stereocenters. The molecule has 114 valence electrons. The predicted molar refractivity (Wildman–Crippen MR) is 77.4 cm³/mol. The summed E-state index contributed by atoms with van der Waals surface area (Å²) in [6.45, 7) is 8.20. The smallest absolute Gasteiger partial charge is 0.122 e. The zero-order chi connectivity index (χ0) is 14.5. The van der Waals surface area contributed by atoms with Crippen molar-refractivity contribution < 1.29 is 9.84 Å². The van der Waals surface area contributed by atoms with Crippen molar-refractivity contribution in [2.24, 2.45) is 7.05 Å². The van der Waals surface area contributed by atoms with Crippen LogP contribution in [-0.4, -0.2) is 64.0 Å². The normalized spacial score (nSPS) is 26.6. The molecular formula is C14H26N4O2. The molecule has 1 aromatic heterocycles. The second kappa shape index (κ2) is 7.17. The van der Waals surface area contributed by atoms with Gasteiger partial charge in [-0.3, -0.25) is 0 Å². The van der Waals surface area contributed by atoms with Crippen molar-refractivity contribution in [3.63, 3.8) is 0 Å². The maximum atomic E-state index is 10.3. The number of nitrogens with zero attached hydrogens (tertiary/aromatic N) is 3. The minimum absolute atomic E-state index is 0.0211. The molecule has 0 aliphatic carbocycles. The average Bonchev–Trinajstić information content (AvgIpc) is 3.01. The van der Waals surface area contributed by atoms with Gasteiger partial charge in [0.05, 0.1) is 31.4 Å². The molecule has 0 saturated carbocycles. The molecule has 1 aromatic rings. The Labute approximate surface area is 120 Å². The molecule has 1 aliphatic rings. The Morgan fingerprint density at radius 1 is 1.50 bits per heavy atom. The summed E-state index contributed by atoms with van der Waals surface area (Å²) in [4.78, 5) is 6.54. The third-order valence-corrected chi connectivity index (χ3v) is 4.06. The van der Waals surface area contributed by atoms with E-state index in [-0.39, 0.29) is 12.1 Å². The van der Waals surface area contributed by atoms with Crippen molar-refractivity contribution in [1.29, 1.82) is 0 Å². The van der Waals surface area contributed by atoms with Crippen LogP contribution in [0, 0.1) is 0 Å². The lowest BCUT2D eigenvalue weighted by atomic mass is 10.1. The summed E-state index contributed by atoms with van der Waals surface area (Å²) in [5.74, 6) is 0.962. The number of hydrogen-bond acceptors (Lipinski definition) is 5. The van der Waals surface area contributed by atoms with E-state index in [1.54, 1.807) is 6.20 Å². The molecule has 0 aromatic carbocycles. The van der Waals surface area contributed by atoms with Gasteiger partial charge in [0.25, 0.3) is 0 Å². The van der Waals surface area contributed by atoms with E-state index < -0.39 is 6.10 Å². The van der Waals surface area contributed by atoms with Crippen LogP contribution >= 0.6 is 0 Å². The van der Waals surface area contributed by atoms with E-state index in [2.05, 4.69) is 29.0 Å². The standard InChI is InChI=1S/C14H26N4O2/c1-4-18(5-2)9-12-14(19)11(10-20-12)16-8-13-15-6-7-17(13)3/h6-7,11-12,14,16,19H,4-5,8-10H2,1-3H3/t11-,12+,14-/m1/s1. The minimum atomic E-state index is -0.462. The van der Waals surface area contributed by atoms with Crippen molar-refractivity contribution in [1.82, 2.24) is 19.8 Å². The lowest BCUT2D eigenvalue weighted by Gasteiger charge is -2.24. The van der Waals surface area contributed by atoms with E-state index in [1.165, 1.54) is 0 Å². The number of imidazole rings is 1. The van der Waals surface area contributed by atoms with Gasteiger partial charge >= 0.3 is 0 Å². The monoisotopic (exact) mass is 282 g/mol. The third kappa shape index (κ3) is 3.58. The molecule has 2 rings (SSSR count). The lowest BCUT2D eigenvalue weighted by Crippen LogP contribution is -2.44. The number of rotatable bonds is 7. The molecule has 6 heteroatoms. The second-order valence-corrected chi connectivity index (χ2v) is 5.29. The van der Waals surface area contributed by atoms with Gasteiger partial charge in [-0.15, -0.1) is 0 Å². The highest BCUT2D eigenvalue weighted by atomic mass is 16.5. The summed E-state index contributed by atoms with van der Waals surface area (Å²) in [6, 6.07) is -0.0211. The largest absolute Gasteiger partial charge is 0.389 e. The van der Waals surface area contributed by atoms with Crippen molar-refractivity contribution in [3.8, 4) is 0 Å². The molecule has 2 heterocycles. The number of aliphatic hydroxyl groups is 1. The molecule has 2 N–H and O–H groups in total. The van der Waals surface area contributed by atoms with E-state index in [9.17, 15) is 5.11 Å².